The number of hydrogen-bond donors (Lipinski definition) is 2. The third-order valence-corrected chi connectivity index (χ3v) is 5.27. The van der Waals surface area contributed by atoms with E-state index in [0.717, 1.165) is 10.6 Å². The summed E-state index contributed by atoms with van der Waals surface area (Å²) in [5.74, 6) is -1.30. The Balaban J connectivity index is 1.56. The van der Waals surface area contributed by atoms with E-state index in [0.29, 0.717) is 16.8 Å². The molecule has 8 heteroatoms. The number of nitrogens with zero attached hydrogens (tertiary/aromatic N) is 2. The second-order valence-electron chi connectivity index (χ2n) is 7.44. The van der Waals surface area contributed by atoms with E-state index in [1.807, 2.05) is 13.0 Å². The average molecular weight is 432 g/mol. The zero-order valence-corrected chi connectivity index (χ0v) is 17.6. The number of imide groups is 1. The van der Waals surface area contributed by atoms with E-state index in [9.17, 15) is 18.8 Å². The number of carbonyl (C=O) groups excluding carboxylic acids is 3. The van der Waals surface area contributed by atoms with Crippen LogP contribution in [0.5, 0.6) is 0 Å². The molecule has 0 unspecified atom stereocenters. The molecule has 7 nitrogen and oxygen atoms in total. The number of rotatable bonds is 5. The molecule has 0 aliphatic carbocycles. The van der Waals surface area contributed by atoms with Crippen molar-refractivity contribution < 1.29 is 18.8 Å². The number of hydrogen-bond acceptors (Lipinski definition) is 3. The number of nitrogens with one attached hydrogen (secondary N) is 2. The van der Waals surface area contributed by atoms with Gasteiger partial charge < -0.3 is 5.32 Å². The number of benzene rings is 2. The van der Waals surface area contributed by atoms with E-state index in [-0.39, 0.29) is 23.7 Å². The van der Waals surface area contributed by atoms with Gasteiger partial charge in [0, 0.05) is 22.5 Å². The van der Waals surface area contributed by atoms with Crippen LogP contribution in [-0.4, -0.2) is 27.4 Å². The molecule has 3 aromatic rings. The van der Waals surface area contributed by atoms with Crippen LogP contribution in [0.25, 0.3) is 6.08 Å². The maximum atomic E-state index is 13.9. The Labute approximate surface area is 184 Å². The number of amides is 4. The summed E-state index contributed by atoms with van der Waals surface area (Å²) >= 11 is 0. The molecular weight excluding hydrogens is 411 g/mol. The molecule has 2 heterocycles. The van der Waals surface area contributed by atoms with Gasteiger partial charge in [0.1, 0.15) is 11.5 Å². The summed E-state index contributed by atoms with van der Waals surface area (Å²) in [6.45, 7) is 3.45. The Morgan fingerprint density at radius 3 is 2.47 bits per heavy atom. The predicted octanol–water partition coefficient (Wildman–Crippen LogP) is 3.72. The lowest BCUT2D eigenvalue weighted by molar-refractivity contribution is -0.123. The highest BCUT2D eigenvalue weighted by Gasteiger charge is 2.34. The van der Waals surface area contributed by atoms with Crippen molar-refractivity contribution in [2.24, 2.45) is 0 Å². The van der Waals surface area contributed by atoms with Crippen molar-refractivity contribution in [3.05, 3.63) is 100 Å². The van der Waals surface area contributed by atoms with Crippen molar-refractivity contribution in [2.75, 3.05) is 5.43 Å². The number of aromatic nitrogens is 1. The van der Waals surface area contributed by atoms with Crippen molar-refractivity contribution >= 4 is 23.9 Å². The Bertz CT molecular complexity index is 1250. The van der Waals surface area contributed by atoms with E-state index < -0.39 is 17.8 Å². The van der Waals surface area contributed by atoms with Crippen LogP contribution in [-0.2, 0) is 11.3 Å². The first-order chi connectivity index (χ1) is 15.3. The minimum atomic E-state index is -0.615. The lowest BCUT2D eigenvalue weighted by Gasteiger charge is -2.12. The molecule has 4 rings (SSSR count). The summed E-state index contributed by atoms with van der Waals surface area (Å²) in [5.41, 5.74) is 5.78. The summed E-state index contributed by atoms with van der Waals surface area (Å²) in [7, 11) is 0. The van der Waals surface area contributed by atoms with E-state index in [1.54, 1.807) is 60.1 Å². The maximum Gasteiger partial charge on any atom is 0.329 e. The van der Waals surface area contributed by atoms with Gasteiger partial charge in [-0.25, -0.2) is 9.18 Å². The quantitative estimate of drug-likeness (QED) is 0.476. The number of aryl methyl sites for hydroxylation is 1. The highest BCUT2D eigenvalue weighted by atomic mass is 19.1. The van der Waals surface area contributed by atoms with E-state index in [4.69, 9.17) is 0 Å². The van der Waals surface area contributed by atoms with Crippen molar-refractivity contribution in [1.29, 1.82) is 0 Å². The van der Waals surface area contributed by atoms with Crippen molar-refractivity contribution in [2.45, 2.75) is 20.4 Å². The summed E-state index contributed by atoms with van der Waals surface area (Å²) in [6, 6.07) is 16.0. The highest BCUT2D eigenvalue weighted by molar-refractivity contribution is 6.14. The van der Waals surface area contributed by atoms with Crippen LogP contribution >= 0.6 is 0 Å². The molecule has 162 valence electrons. The molecule has 1 saturated heterocycles. The third kappa shape index (κ3) is 4.02. The molecule has 1 fully saturated rings. The minimum Gasteiger partial charge on any atom is -0.303 e. The third-order valence-electron chi connectivity index (χ3n) is 5.27. The predicted molar refractivity (Wildman–Crippen MR) is 117 cm³/mol. The first-order valence-electron chi connectivity index (χ1n) is 9.98. The van der Waals surface area contributed by atoms with Gasteiger partial charge in [-0.2, -0.15) is 0 Å². The summed E-state index contributed by atoms with van der Waals surface area (Å²) in [5, 5.41) is 2.54. The van der Waals surface area contributed by atoms with E-state index in [2.05, 4.69) is 10.7 Å². The monoisotopic (exact) mass is 432 g/mol. The van der Waals surface area contributed by atoms with Gasteiger partial charge in [-0.15, -0.1) is 0 Å². The standard InChI is InChI=1S/C24H21FN4O3/c1-15-12-19(16(2)29(15)27-22(30)17-8-4-3-5-9-17)13-21-23(31)28(24(32)26-21)14-18-10-6-7-11-20(18)25/h3-13H,14H2,1-2H3,(H,26,32)(H,27,30)/b21-13-. The second kappa shape index (κ2) is 8.50. The van der Waals surface area contributed by atoms with E-state index >= 15 is 0 Å². The van der Waals surface area contributed by atoms with Crippen molar-refractivity contribution in [3.8, 4) is 0 Å². The molecule has 0 radical (unpaired) electrons. The zero-order chi connectivity index (χ0) is 22.8. The molecule has 1 aromatic heterocycles. The molecule has 1 aliphatic heterocycles. The average Bonchev–Trinajstić information content (AvgIpc) is 3.20. The first kappa shape index (κ1) is 21.0. The van der Waals surface area contributed by atoms with Crippen LogP contribution < -0.4 is 10.7 Å². The van der Waals surface area contributed by atoms with Gasteiger partial charge in [0.25, 0.3) is 11.8 Å². The summed E-state index contributed by atoms with van der Waals surface area (Å²) in [6.07, 6.45) is 1.55. The van der Waals surface area contributed by atoms with Crippen LogP contribution in [0.15, 0.2) is 66.4 Å². The smallest absolute Gasteiger partial charge is 0.303 e. The number of urea groups is 1. The van der Waals surface area contributed by atoms with Gasteiger partial charge in [-0.05, 0) is 49.8 Å². The van der Waals surface area contributed by atoms with Crippen molar-refractivity contribution in [3.63, 3.8) is 0 Å². The SMILES string of the molecule is Cc1cc(/C=C2\NC(=O)N(Cc3ccccc3F)C2=O)c(C)n1NC(=O)c1ccccc1. The molecule has 0 spiro atoms. The van der Waals surface area contributed by atoms with Gasteiger partial charge in [0.05, 0.1) is 6.54 Å². The molecule has 32 heavy (non-hydrogen) atoms. The Kier molecular flexibility index (Phi) is 5.59. The molecule has 2 N–H and O–H groups in total. The molecule has 0 atom stereocenters. The van der Waals surface area contributed by atoms with Gasteiger partial charge in [-0.3, -0.25) is 24.6 Å². The second-order valence-corrected chi connectivity index (χ2v) is 7.44. The largest absolute Gasteiger partial charge is 0.329 e. The fourth-order valence-corrected chi connectivity index (χ4v) is 3.53. The van der Waals surface area contributed by atoms with E-state index in [1.165, 1.54) is 12.1 Å². The number of carbonyl (C=O) groups is 3. The lowest BCUT2D eigenvalue weighted by Crippen LogP contribution is -2.30. The highest BCUT2D eigenvalue weighted by Crippen LogP contribution is 2.21. The van der Waals surface area contributed by atoms with Crippen LogP contribution in [0.1, 0.15) is 32.9 Å². The lowest BCUT2D eigenvalue weighted by atomic mass is 10.2. The topological polar surface area (TPSA) is 83.4 Å². The Morgan fingerprint density at radius 2 is 1.75 bits per heavy atom. The van der Waals surface area contributed by atoms with Gasteiger partial charge in [-0.1, -0.05) is 36.4 Å². The molecule has 0 saturated carbocycles. The van der Waals surface area contributed by atoms with Crippen molar-refractivity contribution in [1.82, 2.24) is 14.9 Å². The Hall–Kier alpha value is -4.20. The fraction of sp³-hybridized carbons (Fsp3) is 0.125. The van der Waals surface area contributed by atoms with Gasteiger partial charge in [0.15, 0.2) is 0 Å². The fourth-order valence-electron chi connectivity index (χ4n) is 3.53. The van der Waals surface area contributed by atoms with Gasteiger partial charge in [0.2, 0.25) is 0 Å². The molecular formula is C24H21FN4O3. The zero-order valence-electron chi connectivity index (χ0n) is 17.6. The molecule has 0 bridgehead atoms. The number of halogens is 1. The van der Waals surface area contributed by atoms with Crippen LogP contribution in [0.2, 0.25) is 0 Å². The Morgan fingerprint density at radius 1 is 1.06 bits per heavy atom. The van der Waals surface area contributed by atoms with Gasteiger partial charge >= 0.3 is 6.03 Å². The van der Waals surface area contributed by atoms with Crippen LogP contribution in [0.3, 0.4) is 0 Å². The molecule has 2 aromatic carbocycles. The van der Waals surface area contributed by atoms with Crippen LogP contribution in [0, 0.1) is 19.7 Å². The first-order valence-corrected chi connectivity index (χ1v) is 9.98. The van der Waals surface area contributed by atoms with Crippen LogP contribution in [0.4, 0.5) is 9.18 Å². The summed E-state index contributed by atoms with van der Waals surface area (Å²) in [4.78, 5) is 38.6. The normalized spacial score (nSPS) is 14.7. The molecule has 4 amide bonds. The summed E-state index contributed by atoms with van der Waals surface area (Å²) < 4.78 is 15.6. The minimum absolute atomic E-state index is 0.0842. The molecule has 1 aliphatic rings. The maximum absolute atomic E-state index is 13.9.